The smallest absolute Gasteiger partial charge is 0.262 e. The fourth-order valence-corrected chi connectivity index (χ4v) is 4.67. The number of anilines is 2. The Morgan fingerprint density at radius 2 is 1.66 bits per heavy atom. The Morgan fingerprint density at radius 1 is 0.943 bits per heavy atom. The van der Waals surface area contributed by atoms with Gasteiger partial charge in [0.15, 0.2) is 11.5 Å². The van der Waals surface area contributed by atoms with Crippen LogP contribution in [0, 0.1) is 0 Å². The van der Waals surface area contributed by atoms with E-state index in [9.17, 15) is 18.0 Å². The largest absolute Gasteiger partial charge is 0.486 e. The molecule has 0 radical (unpaired) electrons. The number of carbonyl (C=O) groups excluding carboxylic acids is 1. The first-order chi connectivity index (χ1) is 16.9. The second kappa shape index (κ2) is 9.11. The van der Waals surface area contributed by atoms with Crippen LogP contribution in [0.25, 0.3) is 10.9 Å². The zero-order chi connectivity index (χ0) is 24.4. The first-order valence-corrected chi connectivity index (χ1v) is 12.1. The van der Waals surface area contributed by atoms with Crippen molar-refractivity contribution in [3.8, 4) is 11.5 Å². The fraction of sp³-hybridized carbons (Fsp3) is 0.125. The second-order valence-electron chi connectivity index (χ2n) is 7.73. The molecule has 1 aliphatic rings. The predicted octanol–water partition coefficient (Wildman–Crippen LogP) is 2.61. The number of carbonyl (C=O) groups is 1. The topological polar surface area (TPSA) is 129 Å². The molecule has 1 aliphatic heterocycles. The molecular weight excluding hydrogens is 472 g/mol. The Balaban J connectivity index is 1.25. The predicted molar refractivity (Wildman–Crippen MR) is 129 cm³/mol. The van der Waals surface area contributed by atoms with Crippen LogP contribution in [0.5, 0.6) is 11.5 Å². The number of rotatable bonds is 6. The molecule has 1 amide bonds. The minimum absolute atomic E-state index is 0.0357. The van der Waals surface area contributed by atoms with Gasteiger partial charge >= 0.3 is 0 Å². The number of ether oxygens (including phenoxy) is 2. The lowest BCUT2D eigenvalue weighted by atomic mass is 10.2. The van der Waals surface area contributed by atoms with Crippen LogP contribution < -0.4 is 25.1 Å². The van der Waals surface area contributed by atoms with Gasteiger partial charge in [-0.2, -0.15) is 0 Å². The summed E-state index contributed by atoms with van der Waals surface area (Å²) in [5.41, 5.74) is 1.00. The Labute approximate surface area is 200 Å². The highest BCUT2D eigenvalue weighted by molar-refractivity contribution is 7.92. The molecule has 10 nitrogen and oxygen atoms in total. The Bertz CT molecular complexity index is 1580. The molecule has 0 bridgehead atoms. The van der Waals surface area contributed by atoms with E-state index in [0.29, 0.717) is 47.0 Å². The fourth-order valence-electron chi connectivity index (χ4n) is 3.60. The highest BCUT2D eigenvalue weighted by atomic mass is 32.2. The first-order valence-electron chi connectivity index (χ1n) is 10.7. The van der Waals surface area contributed by atoms with Gasteiger partial charge in [0.2, 0.25) is 5.91 Å². The van der Waals surface area contributed by atoms with Gasteiger partial charge in [-0.3, -0.25) is 18.9 Å². The quantitative estimate of drug-likeness (QED) is 0.423. The van der Waals surface area contributed by atoms with Crippen LogP contribution >= 0.6 is 0 Å². The molecule has 0 unspecified atom stereocenters. The third kappa shape index (κ3) is 4.80. The Kier molecular flexibility index (Phi) is 5.83. The van der Waals surface area contributed by atoms with Crippen molar-refractivity contribution in [2.45, 2.75) is 11.4 Å². The molecule has 3 aromatic carbocycles. The summed E-state index contributed by atoms with van der Waals surface area (Å²) in [5.74, 6) is 0.448. The highest BCUT2D eigenvalue weighted by Crippen LogP contribution is 2.32. The van der Waals surface area contributed by atoms with Crippen molar-refractivity contribution in [3.63, 3.8) is 0 Å². The normalized spacial score (nSPS) is 12.8. The molecule has 0 fully saturated rings. The SMILES string of the molecule is O=C(Cn1cnc2ccccc2c1=O)Nc1ccc(NS(=O)(=O)c2ccc3c(c2)OCCO3)cc1. The molecule has 5 rings (SSSR count). The average Bonchev–Trinajstić information content (AvgIpc) is 2.86. The summed E-state index contributed by atoms with van der Waals surface area (Å²) in [6.45, 7) is 0.550. The molecule has 1 aromatic heterocycles. The summed E-state index contributed by atoms with van der Waals surface area (Å²) >= 11 is 0. The van der Waals surface area contributed by atoms with E-state index in [1.54, 1.807) is 42.5 Å². The van der Waals surface area contributed by atoms with E-state index in [1.165, 1.54) is 35.2 Å². The van der Waals surface area contributed by atoms with Crippen LogP contribution in [0.2, 0.25) is 0 Å². The van der Waals surface area contributed by atoms with Crippen LogP contribution in [0.4, 0.5) is 11.4 Å². The lowest BCUT2D eigenvalue weighted by Gasteiger charge is -2.19. The van der Waals surface area contributed by atoms with Crippen molar-refractivity contribution in [2.75, 3.05) is 23.3 Å². The summed E-state index contributed by atoms with van der Waals surface area (Å²) in [4.78, 5) is 29.2. The van der Waals surface area contributed by atoms with Crippen LogP contribution in [0.1, 0.15) is 0 Å². The van der Waals surface area contributed by atoms with Crippen LogP contribution in [-0.4, -0.2) is 37.1 Å². The average molecular weight is 493 g/mol. The lowest BCUT2D eigenvalue weighted by Crippen LogP contribution is -2.27. The number of hydrogen-bond acceptors (Lipinski definition) is 7. The molecule has 4 aromatic rings. The molecule has 2 heterocycles. The molecule has 178 valence electrons. The summed E-state index contributed by atoms with van der Waals surface area (Å²) < 4.78 is 40.1. The summed E-state index contributed by atoms with van der Waals surface area (Å²) in [5, 5.41) is 3.12. The number of para-hydroxylation sites is 1. The standard InChI is InChI=1S/C24H20N4O6S/c29-23(14-28-15-25-20-4-2-1-3-19(20)24(28)30)26-16-5-7-17(8-6-16)27-35(31,32)18-9-10-21-22(13-18)34-12-11-33-21/h1-10,13,15,27H,11-12,14H2,(H,26,29). The van der Waals surface area contributed by atoms with E-state index >= 15 is 0 Å². The van der Waals surface area contributed by atoms with E-state index in [1.807, 2.05) is 0 Å². The minimum atomic E-state index is -3.86. The third-order valence-electron chi connectivity index (χ3n) is 5.29. The second-order valence-corrected chi connectivity index (χ2v) is 9.41. The van der Waals surface area contributed by atoms with Gasteiger partial charge in [-0.15, -0.1) is 0 Å². The molecule has 0 atom stereocenters. The highest BCUT2D eigenvalue weighted by Gasteiger charge is 2.19. The van der Waals surface area contributed by atoms with Crippen molar-refractivity contribution in [1.82, 2.24) is 9.55 Å². The van der Waals surface area contributed by atoms with E-state index < -0.39 is 15.9 Å². The molecule has 11 heteroatoms. The van der Waals surface area contributed by atoms with Gasteiger partial charge in [-0.1, -0.05) is 12.1 Å². The number of benzene rings is 3. The molecule has 35 heavy (non-hydrogen) atoms. The summed E-state index contributed by atoms with van der Waals surface area (Å²) in [7, 11) is -3.86. The third-order valence-corrected chi connectivity index (χ3v) is 6.67. The van der Waals surface area contributed by atoms with E-state index in [4.69, 9.17) is 9.47 Å². The van der Waals surface area contributed by atoms with Gasteiger partial charge in [0.1, 0.15) is 19.8 Å². The van der Waals surface area contributed by atoms with Gasteiger partial charge in [-0.25, -0.2) is 13.4 Å². The maximum absolute atomic E-state index is 12.8. The number of aromatic nitrogens is 2. The number of nitrogens with zero attached hydrogens (tertiary/aromatic N) is 2. The van der Waals surface area contributed by atoms with E-state index in [2.05, 4.69) is 15.0 Å². The maximum Gasteiger partial charge on any atom is 0.262 e. The van der Waals surface area contributed by atoms with Gasteiger partial charge in [-0.05, 0) is 48.5 Å². The number of sulfonamides is 1. The number of amides is 1. The molecule has 2 N–H and O–H groups in total. The zero-order valence-electron chi connectivity index (χ0n) is 18.3. The summed E-state index contributed by atoms with van der Waals surface area (Å²) in [6, 6.07) is 17.5. The van der Waals surface area contributed by atoms with E-state index in [0.717, 1.165) is 0 Å². The van der Waals surface area contributed by atoms with Crippen molar-refractivity contribution >= 4 is 38.2 Å². The van der Waals surface area contributed by atoms with Crippen LogP contribution in [-0.2, 0) is 21.4 Å². The Morgan fingerprint density at radius 3 is 2.46 bits per heavy atom. The number of nitrogens with one attached hydrogen (secondary N) is 2. The van der Waals surface area contributed by atoms with E-state index in [-0.39, 0.29) is 17.0 Å². The monoisotopic (exact) mass is 492 g/mol. The van der Waals surface area contributed by atoms with Crippen LogP contribution in [0.15, 0.2) is 82.7 Å². The molecule has 0 aliphatic carbocycles. The van der Waals surface area contributed by atoms with Crippen molar-refractivity contribution < 1.29 is 22.7 Å². The zero-order valence-corrected chi connectivity index (χ0v) is 19.1. The molecular formula is C24H20N4O6S. The van der Waals surface area contributed by atoms with Crippen molar-refractivity contribution in [2.24, 2.45) is 0 Å². The lowest BCUT2D eigenvalue weighted by molar-refractivity contribution is -0.116. The first kappa shape index (κ1) is 22.4. The number of hydrogen-bond donors (Lipinski definition) is 2. The maximum atomic E-state index is 12.8. The van der Waals surface area contributed by atoms with Crippen LogP contribution in [0.3, 0.4) is 0 Å². The van der Waals surface area contributed by atoms with Gasteiger partial charge in [0.25, 0.3) is 15.6 Å². The molecule has 0 saturated heterocycles. The molecule has 0 spiro atoms. The Hall–Kier alpha value is -4.38. The van der Waals surface area contributed by atoms with Gasteiger partial charge in [0, 0.05) is 17.4 Å². The number of fused-ring (bicyclic) bond motifs is 2. The van der Waals surface area contributed by atoms with Gasteiger partial charge < -0.3 is 14.8 Å². The van der Waals surface area contributed by atoms with Crippen molar-refractivity contribution in [3.05, 3.63) is 83.4 Å². The van der Waals surface area contributed by atoms with Gasteiger partial charge in [0.05, 0.1) is 22.1 Å². The van der Waals surface area contributed by atoms with Crippen molar-refractivity contribution in [1.29, 1.82) is 0 Å². The minimum Gasteiger partial charge on any atom is -0.486 e. The summed E-state index contributed by atoms with van der Waals surface area (Å²) in [6.07, 6.45) is 1.33. The molecule has 0 saturated carbocycles.